The Morgan fingerprint density at radius 3 is 2.30 bits per heavy atom. The van der Waals surface area contributed by atoms with Crippen molar-refractivity contribution in [3.63, 3.8) is 0 Å². The Morgan fingerprint density at radius 2 is 1.74 bits per heavy atom. The topological polar surface area (TPSA) is 95.5 Å². The number of hydrogen-bond acceptors (Lipinski definition) is 4. The summed E-state index contributed by atoms with van der Waals surface area (Å²) in [7, 11) is 0. The van der Waals surface area contributed by atoms with Gasteiger partial charge in [0.25, 0.3) is 0 Å². The first-order chi connectivity index (χ1) is 10.9. The molecule has 23 heavy (non-hydrogen) atoms. The Balaban J connectivity index is 2.29. The zero-order valence-electron chi connectivity index (χ0n) is 13.3. The van der Waals surface area contributed by atoms with E-state index in [0.717, 1.165) is 17.3 Å². The molecule has 0 heterocycles. The van der Waals surface area contributed by atoms with Gasteiger partial charge >= 0.3 is 5.97 Å². The maximum Gasteiger partial charge on any atom is 0.326 e. The van der Waals surface area contributed by atoms with Crippen molar-refractivity contribution >= 4 is 35.2 Å². The number of anilines is 1. The van der Waals surface area contributed by atoms with Crippen LogP contribution < -0.4 is 10.6 Å². The smallest absolute Gasteiger partial charge is 0.326 e. The molecule has 6 nitrogen and oxygen atoms in total. The van der Waals surface area contributed by atoms with Gasteiger partial charge in [0, 0.05) is 5.69 Å². The lowest BCUT2D eigenvalue weighted by Gasteiger charge is -2.13. The number of aliphatic carboxylic acids is 1. The zero-order valence-corrected chi connectivity index (χ0v) is 14.1. The van der Waals surface area contributed by atoms with Gasteiger partial charge in [-0.25, -0.2) is 4.79 Å². The highest BCUT2D eigenvalue weighted by Crippen LogP contribution is 2.09. The number of nitrogens with one attached hydrogen (secondary N) is 2. The number of carboxylic acids is 1. The van der Waals surface area contributed by atoms with E-state index in [2.05, 4.69) is 10.6 Å². The quantitative estimate of drug-likeness (QED) is 0.640. The Hall–Kier alpha value is -2.02. The minimum absolute atomic E-state index is 0.0504. The van der Waals surface area contributed by atoms with Crippen LogP contribution in [0.4, 0.5) is 5.69 Å². The molecule has 1 atom stereocenters. The van der Waals surface area contributed by atoms with Crippen LogP contribution in [-0.2, 0) is 14.4 Å². The van der Waals surface area contributed by atoms with Crippen molar-refractivity contribution in [2.75, 3.05) is 16.8 Å². The van der Waals surface area contributed by atoms with Crippen LogP contribution in [0.3, 0.4) is 0 Å². The van der Waals surface area contributed by atoms with Crippen LogP contribution in [0.1, 0.15) is 25.3 Å². The first-order valence-corrected chi connectivity index (χ1v) is 8.54. The molecule has 0 saturated carbocycles. The van der Waals surface area contributed by atoms with Crippen molar-refractivity contribution in [1.82, 2.24) is 5.32 Å². The Kier molecular flexibility index (Phi) is 8.18. The molecule has 1 unspecified atom stereocenters. The summed E-state index contributed by atoms with van der Waals surface area (Å²) in [6.45, 7) is 3.81. The maximum atomic E-state index is 11.8. The molecule has 7 heteroatoms. The highest BCUT2D eigenvalue weighted by Gasteiger charge is 2.18. The summed E-state index contributed by atoms with van der Waals surface area (Å²) >= 11 is 1.15. The van der Waals surface area contributed by atoms with Crippen molar-refractivity contribution in [3.8, 4) is 0 Å². The fourth-order valence-corrected chi connectivity index (χ4v) is 2.48. The first-order valence-electron chi connectivity index (χ1n) is 7.38. The average Bonchev–Trinajstić information content (AvgIpc) is 2.49. The summed E-state index contributed by atoms with van der Waals surface area (Å²) in [5.41, 5.74) is 1.81. The van der Waals surface area contributed by atoms with Crippen LogP contribution in [-0.4, -0.2) is 40.4 Å². The van der Waals surface area contributed by atoms with Gasteiger partial charge in [-0.1, -0.05) is 31.0 Å². The van der Waals surface area contributed by atoms with E-state index in [4.69, 9.17) is 5.11 Å². The molecule has 0 bridgehead atoms. The minimum Gasteiger partial charge on any atom is -0.480 e. The molecule has 0 aromatic heterocycles. The average molecular weight is 338 g/mol. The second-order valence-corrected chi connectivity index (χ2v) is 6.14. The molecule has 0 spiro atoms. The van der Waals surface area contributed by atoms with E-state index in [1.54, 1.807) is 0 Å². The predicted molar refractivity (Wildman–Crippen MR) is 91.6 cm³/mol. The van der Waals surface area contributed by atoms with Gasteiger partial charge in [0.2, 0.25) is 11.8 Å². The van der Waals surface area contributed by atoms with E-state index in [0.29, 0.717) is 18.5 Å². The van der Waals surface area contributed by atoms with Crippen LogP contribution >= 0.6 is 11.8 Å². The summed E-state index contributed by atoms with van der Waals surface area (Å²) in [5, 5.41) is 14.2. The van der Waals surface area contributed by atoms with Crippen LogP contribution in [0.5, 0.6) is 0 Å². The number of hydrogen-bond donors (Lipinski definition) is 3. The minimum atomic E-state index is -1.04. The Labute approximate surface area is 140 Å². The normalized spacial score (nSPS) is 11.6. The van der Waals surface area contributed by atoms with Crippen molar-refractivity contribution in [1.29, 1.82) is 0 Å². The molecule has 3 N–H and O–H groups in total. The third-order valence-electron chi connectivity index (χ3n) is 3.01. The lowest BCUT2D eigenvalue weighted by atomic mass is 10.2. The molecular formula is C16H22N2O4S. The van der Waals surface area contributed by atoms with Crippen LogP contribution in [0.15, 0.2) is 24.3 Å². The van der Waals surface area contributed by atoms with Gasteiger partial charge in [-0.3, -0.25) is 9.59 Å². The Bertz CT molecular complexity index is 546. The van der Waals surface area contributed by atoms with Gasteiger partial charge in [0.05, 0.1) is 11.5 Å². The number of thioether (sulfide) groups is 1. The fraction of sp³-hybridized carbons (Fsp3) is 0.438. The fourth-order valence-electron chi connectivity index (χ4n) is 1.85. The van der Waals surface area contributed by atoms with Crippen molar-refractivity contribution in [2.45, 2.75) is 32.7 Å². The van der Waals surface area contributed by atoms with Gasteiger partial charge in [-0.15, -0.1) is 11.8 Å². The highest BCUT2D eigenvalue weighted by molar-refractivity contribution is 8.00. The molecule has 1 aromatic carbocycles. The SMILES string of the molecule is CCCC(NC(=O)CSCC(=O)Nc1ccc(C)cc1)C(=O)O. The molecule has 0 saturated heterocycles. The number of aryl methyl sites for hydroxylation is 1. The number of rotatable bonds is 9. The van der Waals surface area contributed by atoms with Gasteiger partial charge in [0.1, 0.15) is 6.04 Å². The number of carbonyl (C=O) groups excluding carboxylic acids is 2. The van der Waals surface area contributed by atoms with Crippen LogP contribution in [0.2, 0.25) is 0 Å². The summed E-state index contributed by atoms with van der Waals surface area (Å²) < 4.78 is 0. The van der Waals surface area contributed by atoms with E-state index in [-0.39, 0.29) is 23.3 Å². The van der Waals surface area contributed by atoms with Crippen LogP contribution in [0, 0.1) is 6.92 Å². The van der Waals surface area contributed by atoms with E-state index < -0.39 is 12.0 Å². The molecule has 0 aliphatic heterocycles. The summed E-state index contributed by atoms with van der Waals surface area (Å²) in [6, 6.07) is 6.56. The van der Waals surface area contributed by atoms with Crippen LogP contribution in [0.25, 0.3) is 0 Å². The monoisotopic (exact) mass is 338 g/mol. The lowest BCUT2D eigenvalue weighted by Crippen LogP contribution is -2.41. The van der Waals surface area contributed by atoms with E-state index in [1.165, 1.54) is 0 Å². The van der Waals surface area contributed by atoms with Gasteiger partial charge in [-0.05, 0) is 25.5 Å². The summed E-state index contributed by atoms with van der Waals surface area (Å²) in [6.07, 6.45) is 1.06. The second-order valence-electron chi connectivity index (χ2n) is 5.15. The third kappa shape index (κ3) is 7.69. The standard InChI is InChI=1S/C16H22N2O4S/c1-3-4-13(16(21)22)18-15(20)10-23-9-14(19)17-12-7-5-11(2)6-8-12/h5-8,13H,3-4,9-10H2,1-2H3,(H,17,19)(H,18,20)(H,21,22). The highest BCUT2D eigenvalue weighted by atomic mass is 32.2. The molecule has 0 radical (unpaired) electrons. The predicted octanol–water partition coefficient (Wildman–Crippen LogP) is 2.04. The molecule has 0 aliphatic carbocycles. The maximum absolute atomic E-state index is 11.8. The van der Waals surface area contributed by atoms with Crippen molar-refractivity contribution < 1.29 is 19.5 Å². The third-order valence-corrected chi connectivity index (χ3v) is 3.94. The lowest BCUT2D eigenvalue weighted by molar-refractivity contribution is -0.141. The van der Waals surface area contributed by atoms with Gasteiger partial charge in [-0.2, -0.15) is 0 Å². The van der Waals surface area contributed by atoms with Crippen molar-refractivity contribution in [3.05, 3.63) is 29.8 Å². The van der Waals surface area contributed by atoms with E-state index in [9.17, 15) is 14.4 Å². The van der Waals surface area contributed by atoms with Gasteiger partial charge < -0.3 is 15.7 Å². The number of carboxylic acid groups (broad SMARTS) is 1. The zero-order chi connectivity index (χ0) is 17.2. The van der Waals surface area contributed by atoms with Crippen molar-refractivity contribution in [2.24, 2.45) is 0 Å². The molecular weight excluding hydrogens is 316 g/mol. The Morgan fingerprint density at radius 1 is 1.13 bits per heavy atom. The molecule has 126 valence electrons. The molecule has 1 rings (SSSR count). The molecule has 0 aliphatic rings. The number of carbonyl (C=O) groups is 3. The summed E-state index contributed by atoms with van der Waals surface area (Å²) in [4.78, 5) is 34.4. The number of amides is 2. The first kappa shape index (κ1) is 19.0. The van der Waals surface area contributed by atoms with Gasteiger partial charge in [0.15, 0.2) is 0 Å². The molecule has 1 aromatic rings. The molecule has 0 fully saturated rings. The molecule has 2 amide bonds. The summed E-state index contributed by atoms with van der Waals surface area (Å²) in [5.74, 6) is -1.43. The largest absolute Gasteiger partial charge is 0.480 e. The number of benzene rings is 1. The second kappa shape index (κ2) is 9.89. The van der Waals surface area contributed by atoms with E-state index in [1.807, 2.05) is 38.1 Å². The van der Waals surface area contributed by atoms with E-state index >= 15 is 0 Å².